The third-order valence-corrected chi connectivity index (χ3v) is 6.09. The van der Waals surface area contributed by atoms with Crippen LogP contribution in [-0.4, -0.2) is 26.9 Å². The summed E-state index contributed by atoms with van der Waals surface area (Å²) >= 11 is 0. The summed E-state index contributed by atoms with van der Waals surface area (Å²) in [4.78, 5) is 33.9. The second kappa shape index (κ2) is 9.82. The second-order valence-electron chi connectivity index (χ2n) is 8.03. The predicted molar refractivity (Wildman–Crippen MR) is 133 cm³/mol. The van der Waals surface area contributed by atoms with E-state index >= 15 is 0 Å². The number of carbonyl (C=O) groups excluding carboxylic acids is 1. The van der Waals surface area contributed by atoms with Crippen molar-refractivity contribution in [3.63, 3.8) is 0 Å². The lowest BCUT2D eigenvalue weighted by molar-refractivity contribution is 0.0672. The zero-order chi connectivity index (χ0) is 23.4. The van der Waals surface area contributed by atoms with Crippen LogP contribution in [0.25, 0.3) is 16.6 Å². The van der Waals surface area contributed by atoms with E-state index in [2.05, 4.69) is 6.92 Å². The second-order valence-corrected chi connectivity index (χ2v) is 8.03. The molecule has 3 aromatic carbocycles. The lowest BCUT2D eigenvalue weighted by Gasteiger charge is -2.31. The van der Waals surface area contributed by atoms with Crippen LogP contribution >= 0.6 is 0 Å². The van der Waals surface area contributed by atoms with Gasteiger partial charge in [0, 0.05) is 12.1 Å². The van der Waals surface area contributed by atoms with Crippen LogP contribution in [0.1, 0.15) is 55.0 Å². The number of nitrogens with zero attached hydrogens (tertiary/aromatic N) is 3. The molecule has 0 fully saturated rings. The summed E-state index contributed by atoms with van der Waals surface area (Å²) in [7, 11) is 0. The Morgan fingerprint density at radius 3 is 2.21 bits per heavy atom. The predicted octanol–water partition coefficient (Wildman–Crippen LogP) is 5.56. The maximum absolute atomic E-state index is 13.7. The monoisotopic (exact) mass is 439 g/mol. The first-order valence-electron chi connectivity index (χ1n) is 11.6. The van der Waals surface area contributed by atoms with Crippen molar-refractivity contribution in [2.24, 2.45) is 0 Å². The Hall–Kier alpha value is -3.73. The fourth-order valence-electron chi connectivity index (χ4n) is 4.30. The maximum Gasteiger partial charge on any atom is 0.266 e. The average Bonchev–Trinajstić information content (AvgIpc) is 2.87. The van der Waals surface area contributed by atoms with Crippen LogP contribution in [0, 0.1) is 0 Å². The first kappa shape index (κ1) is 22.5. The molecule has 1 unspecified atom stereocenters. The van der Waals surface area contributed by atoms with E-state index in [1.54, 1.807) is 10.6 Å². The Kier molecular flexibility index (Phi) is 6.68. The third kappa shape index (κ3) is 4.31. The number of hydrogen-bond acceptors (Lipinski definition) is 3. The van der Waals surface area contributed by atoms with Gasteiger partial charge in [-0.05, 0) is 61.7 Å². The molecule has 0 bridgehead atoms. The Bertz CT molecular complexity index is 1310. The number of para-hydroxylation sites is 1. The Balaban J connectivity index is 1.93. The molecule has 4 aromatic rings. The van der Waals surface area contributed by atoms with Gasteiger partial charge in [0.05, 0.1) is 22.6 Å². The molecule has 33 heavy (non-hydrogen) atoms. The summed E-state index contributed by atoms with van der Waals surface area (Å²) in [6, 6.07) is 24.3. The lowest BCUT2D eigenvalue weighted by Crippen LogP contribution is -2.38. The lowest BCUT2D eigenvalue weighted by atomic mass is 10.1. The molecular formula is C28H29N3O2. The van der Waals surface area contributed by atoms with Crippen LogP contribution in [0.2, 0.25) is 0 Å². The Morgan fingerprint density at radius 1 is 0.909 bits per heavy atom. The van der Waals surface area contributed by atoms with Crippen molar-refractivity contribution in [2.75, 3.05) is 6.54 Å². The first-order valence-corrected chi connectivity index (χ1v) is 11.6. The highest BCUT2D eigenvalue weighted by molar-refractivity contribution is 5.94. The number of aryl methyl sites for hydroxylation is 1. The topological polar surface area (TPSA) is 55.2 Å². The molecule has 1 amide bonds. The van der Waals surface area contributed by atoms with E-state index in [0.29, 0.717) is 35.3 Å². The quantitative estimate of drug-likeness (QED) is 0.379. The van der Waals surface area contributed by atoms with Crippen molar-refractivity contribution in [3.8, 4) is 5.69 Å². The van der Waals surface area contributed by atoms with Crippen LogP contribution < -0.4 is 5.56 Å². The molecule has 168 valence electrons. The molecule has 0 radical (unpaired) electrons. The van der Waals surface area contributed by atoms with E-state index in [1.807, 2.05) is 91.5 Å². The van der Waals surface area contributed by atoms with Crippen molar-refractivity contribution in [2.45, 2.75) is 39.7 Å². The van der Waals surface area contributed by atoms with Gasteiger partial charge in [0.25, 0.3) is 11.5 Å². The molecule has 0 saturated carbocycles. The van der Waals surface area contributed by atoms with E-state index in [1.165, 1.54) is 5.56 Å². The number of benzene rings is 3. The zero-order valence-corrected chi connectivity index (χ0v) is 19.4. The summed E-state index contributed by atoms with van der Waals surface area (Å²) in [5, 5.41) is 0.563. The summed E-state index contributed by atoms with van der Waals surface area (Å²) < 4.78 is 1.68. The molecule has 0 aliphatic heterocycles. The van der Waals surface area contributed by atoms with Crippen molar-refractivity contribution in [3.05, 3.63) is 106 Å². The normalized spacial score (nSPS) is 12.0. The standard InChI is InChI=1S/C28H29N3O2/c1-4-20-16-18-22(19-17-20)31-26(29-24-15-11-10-14-23(24)28(31)33)25(5-2)30(6-3)27(32)21-12-8-7-9-13-21/h7-19,25H,4-6H2,1-3H3. The van der Waals surface area contributed by atoms with Gasteiger partial charge in [0.2, 0.25) is 0 Å². The minimum absolute atomic E-state index is 0.0692. The number of aromatic nitrogens is 2. The highest BCUT2D eigenvalue weighted by atomic mass is 16.2. The molecule has 0 N–H and O–H groups in total. The van der Waals surface area contributed by atoms with Crippen LogP contribution in [0.4, 0.5) is 0 Å². The van der Waals surface area contributed by atoms with Crippen molar-refractivity contribution < 1.29 is 4.79 Å². The molecule has 4 rings (SSSR count). The van der Waals surface area contributed by atoms with Gasteiger partial charge in [-0.3, -0.25) is 14.2 Å². The molecule has 5 nitrogen and oxygen atoms in total. The van der Waals surface area contributed by atoms with Gasteiger partial charge in [0.15, 0.2) is 0 Å². The highest BCUT2D eigenvalue weighted by Crippen LogP contribution is 2.27. The Labute approximate surface area is 194 Å². The smallest absolute Gasteiger partial charge is 0.266 e. The highest BCUT2D eigenvalue weighted by Gasteiger charge is 2.28. The van der Waals surface area contributed by atoms with Crippen molar-refractivity contribution >= 4 is 16.8 Å². The van der Waals surface area contributed by atoms with Gasteiger partial charge in [-0.15, -0.1) is 0 Å². The minimum atomic E-state index is -0.356. The zero-order valence-electron chi connectivity index (χ0n) is 19.4. The SMILES string of the molecule is CCc1ccc(-n2c(C(CC)N(CC)C(=O)c3ccccc3)nc3ccccc3c2=O)cc1. The molecule has 5 heteroatoms. The van der Waals surface area contributed by atoms with E-state index < -0.39 is 0 Å². The van der Waals surface area contributed by atoms with Gasteiger partial charge >= 0.3 is 0 Å². The van der Waals surface area contributed by atoms with Gasteiger partial charge in [-0.1, -0.05) is 56.3 Å². The molecule has 1 aromatic heterocycles. The molecule has 0 saturated heterocycles. The van der Waals surface area contributed by atoms with E-state index in [0.717, 1.165) is 12.1 Å². The molecular weight excluding hydrogens is 410 g/mol. The van der Waals surface area contributed by atoms with Crippen molar-refractivity contribution in [1.29, 1.82) is 0 Å². The number of hydrogen-bond donors (Lipinski definition) is 0. The largest absolute Gasteiger partial charge is 0.329 e. The van der Waals surface area contributed by atoms with Crippen LogP contribution in [0.3, 0.4) is 0 Å². The summed E-state index contributed by atoms with van der Waals surface area (Å²) in [5.74, 6) is 0.511. The van der Waals surface area contributed by atoms with E-state index in [9.17, 15) is 9.59 Å². The van der Waals surface area contributed by atoms with Gasteiger partial charge < -0.3 is 4.90 Å². The molecule has 1 atom stereocenters. The molecule has 0 aliphatic carbocycles. The summed E-state index contributed by atoms with van der Waals surface area (Å²) in [5.41, 5.74) is 3.09. The van der Waals surface area contributed by atoms with Gasteiger partial charge in [-0.25, -0.2) is 4.98 Å². The molecule has 0 spiro atoms. The maximum atomic E-state index is 13.7. The van der Waals surface area contributed by atoms with Crippen molar-refractivity contribution in [1.82, 2.24) is 14.5 Å². The van der Waals surface area contributed by atoms with E-state index in [-0.39, 0.29) is 17.5 Å². The Morgan fingerprint density at radius 2 is 1.58 bits per heavy atom. The van der Waals surface area contributed by atoms with Crippen LogP contribution in [-0.2, 0) is 6.42 Å². The number of amides is 1. The number of fused-ring (bicyclic) bond motifs is 1. The van der Waals surface area contributed by atoms with Gasteiger partial charge in [0.1, 0.15) is 5.82 Å². The summed E-state index contributed by atoms with van der Waals surface area (Å²) in [6.07, 6.45) is 1.55. The third-order valence-electron chi connectivity index (χ3n) is 6.09. The molecule has 0 aliphatic rings. The fraction of sp³-hybridized carbons (Fsp3) is 0.250. The van der Waals surface area contributed by atoms with E-state index in [4.69, 9.17) is 4.98 Å². The number of carbonyl (C=O) groups is 1. The number of rotatable bonds is 7. The summed E-state index contributed by atoms with van der Waals surface area (Å²) in [6.45, 7) is 6.59. The van der Waals surface area contributed by atoms with Crippen LogP contribution in [0.15, 0.2) is 83.7 Å². The fourth-order valence-corrected chi connectivity index (χ4v) is 4.30. The first-order chi connectivity index (χ1) is 16.1. The minimum Gasteiger partial charge on any atom is -0.329 e. The molecule has 1 heterocycles. The van der Waals surface area contributed by atoms with Gasteiger partial charge in [-0.2, -0.15) is 0 Å². The average molecular weight is 440 g/mol. The van der Waals surface area contributed by atoms with Crippen LogP contribution in [0.5, 0.6) is 0 Å².